The number of piperidine rings is 1. The van der Waals surface area contributed by atoms with Crippen LogP contribution in [0.3, 0.4) is 0 Å². The number of hydrogen-bond acceptors (Lipinski definition) is 3. The Morgan fingerprint density at radius 3 is 2.70 bits per heavy atom. The summed E-state index contributed by atoms with van der Waals surface area (Å²) < 4.78 is 0. The van der Waals surface area contributed by atoms with Crippen LogP contribution in [-0.2, 0) is 14.4 Å². The molecule has 0 spiro atoms. The summed E-state index contributed by atoms with van der Waals surface area (Å²) in [5.74, 6) is -0.438. The average Bonchev–Trinajstić information content (AvgIpc) is 2.82. The zero-order valence-corrected chi connectivity index (χ0v) is 11.7. The van der Waals surface area contributed by atoms with Crippen LogP contribution in [0.25, 0.3) is 0 Å². The second kappa shape index (κ2) is 6.72. The average molecular weight is 282 g/mol. The maximum absolute atomic E-state index is 12.2. The van der Waals surface area contributed by atoms with E-state index in [0.29, 0.717) is 25.9 Å². The SMILES string of the molecule is O=C(O)CCC1CCCN(C(=O)CN2CCCC2=O)C1. The fourth-order valence-corrected chi connectivity index (χ4v) is 2.99. The zero-order chi connectivity index (χ0) is 14.5. The van der Waals surface area contributed by atoms with E-state index in [-0.39, 0.29) is 30.7 Å². The number of hydrogen-bond donors (Lipinski definition) is 1. The van der Waals surface area contributed by atoms with Gasteiger partial charge in [-0.25, -0.2) is 0 Å². The fourth-order valence-electron chi connectivity index (χ4n) is 2.99. The lowest BCUT2D eigenvalue weighted by molar-refractivity contribution is -0.140. The van der Waals surface area contributed by atoms with Crippen LogP contribution in [0.4, 0.5) is 0 Å². The monoisotopic (exact) mass is 282 g/mol. The topological polar surface area (TPSA) is 77.9 Å². The second-order valence-electron chi connectivity index (χ2n) is 5.70. The third kappa shape index (κ3) is 3.95. The number of nitrogens with zero attached hydrogens (tertiary/aromatic N) is 2. The molecule has 112 valence electrons. The van der Waals surface area contributed by atoms with Crippen LogP contribution in [-0.4, -0.2) is 58.9 Å². The first-order valence-electron chi connectivity index (χ1n) is 7.33. The van der Waals surface area contributed by atoms with Gasteiger partial charge in [0.05, 0.1) is 6.54 Å². The molecule has 0 aromatic heterocycles. The first-order chi connectivity index (χ1) is 9.56. The summed E-state index contributed by atoms with van der Waals surface area (Å²) >= 11 is 0. The van der Waals surface area contributed by atoms with Crippen molar-refractivity contribution in [2.75, 3.05) is 26.2 Å². The van der Waals surface area contributed by atoms with Gasteiger partial charge in [0, 0.05) is 32.5 Å². The van der Waals surface area contributed by atoms with Gasteiger partial charge in [-0.1, -0.05) is 0 Å². The molecule has 6 heteroatoms. The highest BCUT2D eigenvalue weighted by atomic mass is 16.4. The van der Waals surface area contributed by atoms with Crippen LogP contribution in [0.1, 0.15) is 38.5 Å². The Kier molecular flexibility index (Phi) is 4.98. The van der Waals surface area contributed by atoms with E-state index in [2.05, 4.69) is 0 Å². The first kappa shape index (κ1) is 14.8. The molecule has 1 N–H and O–H groups in total. The van der Waals surface area contributed by atoms with Crippen molar-refractivity contribution in [2.24, 2.45) is 5.92 Å². The molecule has 0 aliphatic carbocycles. The summed E-state index contributed by atoms with van der Waals surface area (Å²) in [7, 11) is 0. The van der Waals surface area contributed by atoms with Gasteiger partial charge in [0.2, 0.25) is 11.8 Å². The van der Waals surface area contributed by atoms with Crippen molar-refractivity contribution < 1.29 is 19.5 Å². The molecule has 2 heterocycles. The van der Waals surface area contributed by atoms with Gasteiger partial charge in [0.15, 0.2) is 0 Å². The highest BCUT2D eigenvalue weighted by molar-refractivity contribution is 5.85. The standard InChI is InChI=1S/C14H22N2O4/c17-12-4-2-8-16(12)10-13(18)15-7-1-3-11(9-15)5-6-14(19)20/h11H,1-10H2,(H,19,20). The van der Waals surface area contributed by atoms with Gasteiger partial charge in [0.25, 0.3) is 0 Å². The number of likely N-dealkylation sites (tertiary alicyclic amines) is 2. The quantitative estimate of drug-likeness (QED) is 0.805. The number of carboxylic acids is 1. The van der Waals surface area contributed by atoms with E-state index in [1.165, 1.54) is 0 Å². The van der Waals surface area contributed by atoms with E-state index in [0.717, 1.165) is 25.8 Å². The minimum Gasteiger partial charge on any atom is -0.481 e. The molecule has 0 aromatic rings. The summed E-state index contributed by atoms with van der Waals surface area (Å²) in [4.78, 5) is 37.7. The Balaban J connectivity index is 1.80. The van der Waals surface area contributed by atoms with Crippen molar-refractivity contribution in [3.63, 3.8) is 0 Å². The van der Waals surface area contributed by atoms with Crippen LogP contribution in [0, 0.1) is 5.92 Å². The van der Waals surface area contributed by atoms with Crippen LogP contribution < -0.4 is 0 Å². The van der Waals surface area contributed by atoms with Crippen molar-refractivity contribution >= 4 is 17.8 Å². The Labute approximate surface area is 118 Å². The Morgan fingerprint density at radius 2 is 2.05 bits per heavy atom. The van der Waals surface area contributed by atoms with Crippen LogP contribution in [0.5, 0.6) is 0 Å². The fraction of sp³-hybridized carbons (Fsp3) is 0.786. The summed E-state index contributed by atoms with van der Waals surface area (Å²) in [6.07, 6.45) is 4.09. The third-order valence-electron chi connectivity index (χ3n) is 4.14. The van der Waals surface area contributed by atoms with Gasteiger partial charge in [-0.05, 0) is 31.6 Å². The maximum Gasteiger partial charge on any atom is 0.303 e. The molecule has 0 aromatic carbocycles. The van der Waals surface area contributed by atoms with E-state index in [1.54, 1.807) is 9.80 Å². The predicted octanol–water partition coefficient (Wildman–Crippen LogP) is 0.712. The Morgan fingerprint density at radius 1 is 1.25 bits per heavy atom. The number of aliphatic carboxylic acids is 1. The lowest BCUT2D eigenvalue weighted by Crippen LogP contribution is -2.45. The molecule has 1 atom stereocenters. The van der Waals surface area contributed by atoms with Crippen LogP contribution in [0.15, 0.2) is 0 Å². The van der Waals surface area contributed by atoms with E-state index in [4.69, 9.17) is 5.11 Å². The smallest absolute Gasteiger partial charge is 0.303 e. The molecule has 20 heavy (non-hydrogen) atoms. The van der Waals surface area contributed by atoms with Crippen molar-refractivity contribution in [3.8, 4) is 0 Å². The number of amides is 2. The van der Waals surface area contributed by atoms with Crippen molar-refractivity contribution in [1.29, 1.82) is 0 Å². The van der Waals surface area contributed by atoms with Gasteiger partial charge in [0.1, 0.15) is 0 Å². The minimum atomic E-state index is -0.781. The Bertz CT molecular complexity index is 397. The van der Waals surface area contributed by atoms with Gasteiger partial charge in [-0.2, -0.15) is 0 Å². The van der Waals surface area contributed by atoms with Crippen molar-refractivity contribution in [3.05, 3.63) is 0 Å². The molecule has 2 amide bonds. The summed E-state index contributed by atoms with van der Waals surface area (Å²) in [5, 5.41) is 8.71. The number of carbonyl (C=O) groups excluding carboxylic acids is 2. The lowest BCUT2D eigenvalue weighted by Gasteiger charge is -2.33. The molecule has 0 saturated carbocycles. The largest absolute Gasteiger partial charge is 0.481 e. The van der Waals surface area contributed by atoms with Gasteiger partial charge < -0.3 is 14.9 Å². The molecule has 2 rings (SSSR count). The van der Waals surface area contributed by atoms with Crippen LogP contribution in [0.2, 0.25) is 0 Å². The molecule has 2 aliphatic rings. The minimum absolute atomic E-state index is 0.000255. The molecule has 2 aliphatic heterocycles. The van der Waals surface area contributed by atoms with E-state index >= 15 is 0 Å². The molecule has 1 unspecified atom stereocenters. The number of carboxylic acid groups (broad SMARTS) is 1. The lowest BCUT2D eigenvalue weighted by atomic mass is 9.93. The zero-order valence-electron chi connectivity index (χ0n) is 11.7. The molecule has 6 nitrogen and oxygen atoms in total. The summed E-state index contributed by atoms with van der Waals surface area (Å²) in [6, 6.07) is 0. The molecular weight excluding hydrogens is 260 g/mol. The molecule has 2 saturated heterocycles. The highest BCUT2D eigenvalue weighted by Crippen LogP contribution is 2.21. The molecule has 2 fully saturated rings. The van der Waals surface area contributed by atoms with E-state index < -0.39 is 5.97 Å². The van der Waals surface area contributed by atoms with Gasteiger partial charge >= 0.3 is 5.97 Å². The Hall–Kier alpha value is -1.59. The number of rotatable bonds is 5. The first-order valence-corrected chi connectivity index (χ1v) is 7.33. The third-order valence-corrected chi connectivity index (χ3v) is 4.14. The van der Waals surface area contributed by atoms with Gasteiger partial charge in [-0.15, -0.1) is 0 Å². The second-order valence-corrected chi connectivity index (χ2v) is 5.70. The molecular formula is C14H22N2O4. The van der Waals surface area contributed by atoms with E-state index in [1.807, 2.05) is 0 Å². The van der Waals surface area contributed by atoms with Gasteiger partial charge in [-0.3, -0.25) is 14.4 Å². The van der Waals surface area contributed by atoms with E-state index in [9.17, 15) is 14.4 Å². The van der Waals surface area contributed by atoms with Crippen LogP contribution >= 0.6 is 0 Å². The van der Waals surface area contributed by atoms with Crippen molar-refractivity contribution in [1.82, 2.24) is 9.80 Å². The predicted molar refractivity (Wildman–Crippen MR) is 72.0 cm³/mol. The summed E-state index contributed by atoms with van der Waals surface area (Å²) in [5.41, 5.74) is 0. The normalized spacial score (nSPS) is 23.2. The highest BCUT2D eigenvalue weighted by Gasteiger charge is 2.28. The maximum atomic E-state index is 12.2. The number of carbonyl (C=O) groups is 3. The molecule has 0 radical (unpaired) electrons. The molecule has 0 bridgehead atoms. The van der Waals surface area contributed by atoms with Crippen molar-refractivity contribution in [2.45, 2.75) is 38.5 Å². The summed E-state index contributed by atoms with van der Waals surface area (Å²) in [6.45, 7) is 2.23.